The Labute approximate surface area is 153 Å². The van der Waals surface area contributed by atoms with E-state index in [0.717, 1.165) is 5.56 Å². The Morgan fingerprint density at radius 2 is 1.73 bits per heavy atom. The van der Waals surface area contributed by atoms with Crippen LogP contribution in [0.15, 0.2) is 30.3 Å². The maximum absolute atomic E-state index is 13.4. The summed E-state index contributed by atoms with van der Waals surface area (Å²) in [7, 11) is 0. The van der Waals surface area contributed by atoms with Crippen molar-refractivity contribution in [3.63, 3.8) is 0 Å². The molecule has 2 aliphatic heterocycles. The normalized spacial score (nSPS) is 28.6. The van der Waals surface area contributed by atoms with Crippen molar-refractivity contribution in [1.82, 2.24) is 4.90 Å². The van der Waals surface area contributed by atoms with Crippen LogP contribution in [-0.2, 0) is 19.1 Å². The standard InChI is InChI=1S/C20H25NO5/c1-11(2)14-10-25-20(24)21(14)18(22)16-15(12(3)4)19(23)26-17(16)13-8-6-5-7-9-13/h5-9,11-12,14-17H,10H2,1-4H3/t14-,15-,16-,17+/m1/s1. The first-order chi connectivity index (χ1) is 12.3. The lowest BCUT2D eigenvalue weighted by Gasteiger charge is -2.29. The fourth-order valence-electron chi connectivity index (χ4n) is 3.84. The van der Waals surface area contributed by atoms with Crippen LogP contribution in [0.2, 0.25) is 0 Å². The third-order valence-corrected chi connectivity index (χ3v) is 5.27. The maximum Gasteiger partial charge on any atom is 0.416 e. The predicted molar refractivity (Wildman–Crippen MR) is 93.9 cm³/mol. The SMILES string of the molecule is CC(C)[C@H]1C(=O)O[C@@H](c2ccccc2)[C@@H]1C(=O)N1C(=O)OC[C@@H]1C(C)C. The van der Waals surface area contributed by atoms with E-state index < -0.39 is 24.0 Å². The number of benzene rings is 1. The summed E-state index contributed by atoms with van der Waals surface area (Å²) < 4.78 is 10.7. The van der Waals surface area contributed by atoms with Crippen molar-refractivity contribution in [2.45, 2.75) is 39.8 Å². The first-order valence-electron chi connectivity index (χ1n) is 9.08. The minimum absolute atomic E-state index is 0.0658. The number of carbonyl (C=O) groups is 3. The van der Waals surface area contributed by atoms with Gasteiger partial charge in [0, 0.05) is 0 Å². The van der Waals surface area contributed by atoms with E-state index in [-0.39, 0.29) is 36.4 Å². The van der Waals surface area contributed by atoms with E-state index >= 15 is 0 Å². The molecule has 0 bridgehead atoms. The van der Waals surface area contributed by atoms with Gasteiger partial charge in [-0.25, -0.2) is 9.69 Å². The van der Waals surface area contributed by atoms with Gasteiger partial charge in [0.15, 0.2) is 0 Å². The van der Waals surface area contributed by atoms with Gasteiger partial charge in [-0.15, -0.1) is 0 Å². The summed E-state index contributed by atoms with van der Waals surface area (Å²) in [4.78, 5) is 39.4. The second kappa shape index (κ2) is 7.09. The lowest BCUT2D eigenvalue weighted by molar-refractivity contribution is -0.145. The molecule has 2 amide bonds. The molecule has 2 saturated heterocycles. The number of amides is 2. The molecule has 0 aliphatic carbocycles. The molecular weight excluding hydrogens is 334 g/mol. The van der Waals surface area contributed by atoms with Gasteiger partial charge >= 0.3 is 12.1 Å². The van der Waals surface area contributed by atoms with Gasteiger partial charge in [-0.05, 0) is 17.4 Å². The fraction of sp³-hybridized carbons (Fsp3) is 0.550. The average Bonchev–Trinajstić information content (AvgIpc) is 3.15. The Morgan fingerprint density at radius 1 is 1.08 bits per heavy atom. The molecule has 6 nitrogen and oxygen atoms in total. The van der Waals surface area contributed by atoms with Gasteiger partial charge < -0.3 is 9.47 Å². The van der Waals surface area contributed by atoms with Gasteiger partial charge in [-0.2, -0.15) is 0 Å². The minimum Gasteiger partial charge on any atom is -0.456 e. The molecule has 0 spiro atoms. The molecule has 0 radical (unpaired) electrons. The maximum atomic E-state index is 13.4. The van der Waals surface area contributed by atoms with E-state index in [1.54, 1.807) is 0 Å². The zero-order valence-corrected chi connectivity index (χ0v) is 15.5. The lowest BCUT2D eigenvalue weighted by atomic mass is 9.79. The van der Waals surface area contributed by atoms with Crippen molar-refractivity contribution in [2.24, 2.45) is 23.7 Å². The number of nitrogens with zero attached hydrogens (tertiary/aromatic N) is 1. The molecule has 0 unspecified atom stereocenters. The number of hydrogen-bond acceptors (Lipinski definition) is 5. The molecule has 1 aromatic carbocycles. The largest absolute Gasteiger partial charge is 0.456 e. The highest BCUT2D eigenvalue weighted by molar-refractivity contribution is 5.98. The van der Waals surface area contributed by atoms with E-state index in [0.29, 0.717) is 0 Å². The van der Waals surface area contributed by atoms with Crippen LogP contribution < -0.4 is 0 Å². The molecule has 2 fully saturated rings. The van der Waals surface area contributed by atoms with Gasteiger partial charge in [0.25, 0.3) is 0 Å². The van der Waals surface area contributed by atoms with Gasteiger partial charge in [-0.3, -0.25) is 9.59 Å². The van der Waals surface area contributed by atoms with Crippen molar-refractivity contribution >= 4 is 18.0 Å². The highest BCUT2D eigenvalue weighted by Gasteiger charge is 2.54. The Hall–Kier alpha value is -2.37. The van der Waals surface area contributed by atoms with Gasteiger partial charge in [0.1, 0.15) is 12.7 Å². The van der Waals surface area contributed by atoms with Crippen LogP contribution in [0.5, 0.6) is 0 Å². The number of esters is 1. The molecule has 2 heterocycles. The van der Waals surface area contributed by atoms with Crippen LogP contribution in [0.1, 0.15) is 39.4 Å². The van der Waals surface area contributed by atoms with Crippen molar-refractivity contribution < 1.29 is 23.9 Å². The van der Waals surface area contributed by atoms with Crippen molar-refractivity contribution in [2.75, 3.05) is 6.61 Å². The molecular formula is C20H25NO5. The zero-order chi connectivity index (χ0) is 19.0. The van der Waals surface area contributed by atoms with Gasteiger partial charge in [-0.1, -0.05) is 58.0 Å². The Kier molecular flexibility index (Phi) is 5.03. The van der Waals surface area contributed by atoms with E-state index in [1.807, 2.05) is 58.0 Å². The summed E-state index contributed by atoms with van der Waals surface area (Å²) >= 11 is 0. The number of cyclic esters (lactones) is 2. The van der Waals surface area contributed by atoms with Gasteiger partial charge in [0.05, 0.1) is 17.9 Å². The van der Waals surface area contributed by atoms with E-state index in [1.165, 1.54) is 4.90 Å². The highest BCUT2D eigenvalue weighted by Crippen LogP contribution is 2.44. The summed E-state index contributed by atoms with van der Waals surface area (Å²) in [6, 6.07) is 8.90. The number of imide groups is 1. The van der Waals surface area contributed by atoms with E-state index in [2.05, 4.69) is 0 Å². The van der Waals surface area contributed by atoms with Crippen LogP contribution in [0.25, 0.3) is 0 Å². The number of hydrogen-bond donors (Lipinski definition) is 0. The quantitative estimate of drug-likeness (QED) is 0.772. The van der Waals surface area contributed by atoms with Crippen LogP contribution >= 0.6 is 0 Å². The number of ether oxygens (including phenoxy) is 2. The molecule has 6 heteroatoms. The van der Waals surface area contributed by atoms with E-state index in [9.17, 15) is 14.4 Å². The highest BCUT2D eigenvalue weighted by atomic mass is 16.6. The number of carbonyl (C=O) groups excluding carboxylic acids is 3. The van der Waals surface area contributed by atoms with Crippen LogP contribution in [0, 0.1) is 23.7 Å². The molecule has 0 N–H and O–H groups in total. The zero-order valence-electron chi connectivity index (χ0n) is 15.5. The van der Waals surface area contributed by atoms with Crippen LogP contribution in [-0.4, -0.2) is 35.5 Å². The average molecular weight is 359 g/mol. The molecule has 1 aromatic rings. The first kappa shape index (κ1) is 18.4. The third kappa shape index (κ3) is 3.08. The third-order valence-electron chi connectivity index (χ3n) is 5.27. The molecule has 4 atom stereocenters. The Bertz CT molecular complexity index is 699. The smallest absolute Gasteiger partial charge is 0.416 e. The fourth-order valence-corrected chi connectivity index (χ4v) is 3.84. The topological polar surface area (TPSA) is 72.9 Å². The summed E-state index contributed by atoms with van der Waals surface area (Å²) in [6.07, 6.45) is -1.33. The second-order valence-electron chi connectivity index (χ2n) is 7.66. The molecule has 0 aromatic heterocycles. The summed E-state index contributed by atoms with van der Waals surface area (Å²) in [5, 5.41) is 0. The van der Waals surface area contributed by atoms with Crippen molar-refractivity contribution in [1.29, 1.82) is 0 Å². The number of rotatable bonds is 4. The monoisotopic (exact) mass is 359 g/mol. The van der Waals surface area contributed by atoms with E-state index in [4.69, 9.17) is 9.47 Å². The Morgan fingerprint density at radius 3 is 2.31 bits per heavy atom. The molecule has 3 rings (SSSR count). The molecule has 140 valence electrons. The Balaban J connectivity index is 2.00. The van der Waals surface area contributed by atoms with Crippen LogP contribution in [0.3, 0.4) is 0 Å². The summed E-state index contributed by atoms with van der Waals surface area (Å²) in [6.45, 7) is 7.85. The molecule has 26 heavy (non-hydrogen) atoms. The first-order valence-corrected chi connectivity index (χ1v) is 9.08. The molecule has 0 saturated carbocycles. The summed E-state index contributed by atoms with van der Waals surface area (Å²) in [5.74, 6) is -2.12. The van der Waals surface area contributed by atoms with Crippen molar-refractivity contribution in [3.05, 3.63) is 35.9 Å². The summed E-state index contributed by atoms with van der Waals surface area (Å²) in [5.41, 5.74) is 0.760. The minimum atomic E-state index is -0.739. The van der Waals surface area contributed by atoms with Gasteiger partial charge in [0.2, 0.25) is 5.91 Å². The lowest BCUT2D eigenvalue weighted by Crippen LogP contribution is -2.47. The second-order valence-corrected chi connectivity index (χ2v) is 7.66. The molecule has 2 aliphatic rings. The predicted octanol–water partition coefficient (Wildman–Crippen LogP) is 3.18. The van der Waals surface area contributed by atoms with Crippen LogP contribution in [0.4, 0.5) is 4.79 Å². The van der Waals surface area contributed by atoms with Crippen molar-refractivity contribution in [3.8, 4) is 0 Å².